The molecular weight excluding hydrogens is 218 g/mol. The second-order valence-corrected chi connectivity index (χ2v) is 3.25. The number of nitrogens with zero attached hydrogens (tertiary/aromatic N) is 2. The van der Waals surface area contributed by atoms with Crippen LogP contribution in [0.5, 0.6) is 0 Å². The smallest absolute Gasteiger partial charge is 0.315 e. The van der Waals surface area contributed by atoms with Crippen molar-refractivity contribution in [3.63, 3.8) is 0 Å². The third kappa shape index (κ3) is 2.73. The normalized spacial score (nSPS) is 10.5. The largest absolute Gasteiger partial charge is 0.467 e. The Bertz CT molecular complexity index is 399. The van der Waals surface area contributed by atoms with E-state index in [1.165, 1.54) is 0 Å². The van der Waals surface area contributed by atoms with E-state index in [2.05, 4.69) is 15.5 Å². The summed E-state index contributed by atoms with van der Waals surface area (Å²) in [7, 11) is 0. The predicted octanol–water partition coefficient (Wildman–Crippen LogP) is 2.06. The number of nitrogens with one attached hydrogen (secondary N) is 1. The fourth-order valence-electron chi connectivity index (χ4n) is 1.08. The molecule has 2 heterocycles. The van der Waals surface area contributed by atoms with Crippen molar-refractivity contribution in [3.05, 3.63) is 30.0 Å². The molecule has 0 unspecified atom stereocenters. The van der Waals surface area contributed by atoms with Gasteiger partial charge in [-0.25, -0.2) is 0 Å². The maximum absolute atomic E-state index is 5.54. The third-order valence-electron chi connectivity index (χ3n) is 1.77. The fraction of sp³-hybridized carbons (Fsp3) is 0.333. The number of anilines is 1. The molecule has 0 amide bonds. The molecule has 80 valence electrons. The minimum absolute atomic E-state index is 0.381. The molecule has 5 nitrogen and oxygen atoms in total. The summed E-state index contributed by atoms with van der Waals surface area (Å²) in [4.78, 5) is 0. The summed E-state index contributed by atoms with van der Waals surface area (Å²) >= 11 is 5.54. The van der Waals surface area contributed by atoms with E-state index >= 15 is 0 Å². The first-order valence-electron chi connectivity index (χ1n) is 4.53. The Morgan fingerprint density at radius 3 is 3.07 bits per heavy atom. The SMILES string of the molecule is ClCCc1nnc(NCc2ccco2)o1. The number of hydrogen-bond acceptors (Lipinski definition) is 5. The molecule has 0 aliphatic rings. The van der Waals surface area contributed by atoms with Crippen LogP contribution < -0.4 is 5.32 Å². The predicted molar refractivity (Wildman–Crippen MR) is 54.8 cm³/mol. The minimum Gasteiger partial charge on any atom is -0.467 e. The van der Waals surface area contributed by atoms with Gasteiger partial charge in [-0.3, -0.25) is 0 Å². The van der Waals surface area contributed by atoms with Gasteiger partial charge in [-0.2, -0.15) is 0 Å². The van der Waals surface area contributed by atoms with E-state index in [1.54, 1.807) is 6.26 Å². The van der Waals surface area contributed by atoms with Crippen molar-refractivity contribution in [3.8, 4) is 0 Å². The second kappa shape index (κ2) is 4.84. The van der Waals surface area contributed by atoms with E-state index in [0.29, 0.717) is 30.8 Å². The molecule has 0 bridgehead atoms. The second-order valence-electron chi connectivity index (χ2n) is 2.87. The molecule has 2 aromatic rings. The first-order chi connectivity index (χ1) is 7.38. The molecule has 1 N–H and O–H groups in total. The van der Waals surface area contributed by atoms with E-state index in [0.717, 1.165) is 5.76 Å². The first-order valence-corrected chi connectivity index (χ1v) is 5.06. The lowest BCUT2D eigenvalue weighted by molar-refractivity contribution is 0.495. The van der Waals surface area contributed by atoms with Crippen molar-refractivity contribution in [2.24, 2.45) is 0 Å². The molecule has 0 saturated carbocycles. The number of furan rings is 1. The number of rotatable bonds is 5. The van der Waals surface area contributed by atoms with Crippen LogP contribution in [-0.2, 0) is 13.0 Å². The van der Waals surface area contributed by atoms with E-state index in [9.17, 15) is 0 Å². The first kappa shape index (κ1) is 10.0. The van der Waals surface area contributed by atoms with Gasteiger partial charge in [-0.05, 0) is 12.1 Å². The van der Waals surface area contributed by atoms with Crippen LogP contribution in [0, 0.1) is 0 Å². The highest BCUT2D eigenvalue weighted by atomic mass is 35.5. The molecule has 2 rings (SSSR count). The average Bonchev–Trinajstić information content (AvgIpc) is 2.85. The quantitative estimate of drug-likeness (QED) is 0.792. The topological polar surface area (TPSA) is 64.1 Å². The molecule has 0 spiro atoms. The van der Waals surface area contributed by atoms with Crippen LogP contribution in [0.1, 0.15) is 11.7 Å². The molecule has 0 saturated heterocycles. The summed E-state index contributed by atoms with van der Waals surface area (Å²) < 4.78 is 10.4. The van der Waals surface area contributed by atoms with Crippen LogP contribution in [0.15, 0.2) is 27.2 Å². The van der Waals surface area contributed by atoms with Gasteiger partial charge < -0.3 is 14.2 Å². The van der Waals surface area contributed by atoms with Crippen LogP contribution >= 0.6 is 11.6 Å². The van der Waals surface area contributed by atoms with Crippen LogP contribution in [0.25, 0.3) is 0 Å². The highest BCUT2D eigenvalue weighted by Crippen LogP contribution is 2.09. The van der Waals surface area contributed by atoms with Crippen molar-refractivity contribution >= 4 is 17.6 Å². The molecule has 0 fully saturated rings. The molecule has 0 aromatic carbocycles. The van der Waals surface area contributed by atoms with Crippen molar-refractivity contribution in [1.29, 1.82) is 0 Å². The molecule has 0 atom stereocenters. The number of halogens is 1. The Morgan fingerprint density at radius 1 is 1.40 bits per heavy atom. The van der Waals surface area contributed by atoms with Crippen LogP contribution in [0.3, 0.4) is 0 Å². The van der Waals surface area contributed by atoms with Gasteiger partial charge in [0.05, 0.1) is 12.8 Å². The Labute approximate surface area is 91.4 Å². The number of aromatic nitrogens is 2. The fourth-order valence-corrected chi connectivity index (χ4v) is 1.24. The number of alkyl halides is 1. The highest BCUT2D eigenvalue weighted by Gasteiger charge is 2.05. The van der Waals surface area contributed by atoms with Crippen molar-refractivity contribution in [2.45, 2.75) is 13.0 Å². The molecule has 6 heteroatoms. The summed E-state index contributed by atoms with van der Waals surface area (Å²) in [6.45, 7) is 0.523. The van der Waals surface area contributed by atoms with Crippen LogP contribution in [0.2, 0.25) is 0 Å². The summed E-state index contributed by atoms with van der Waals surface area (Å²) in [6, 6.07) is 4.07. The zero-order chi connectivity index (χ0) is 10.5. The Morgan fingerprint density at radius 2 is 2.33 bits per heavy atom. The Balaban J connectivity index is 1.88. The van der Waals surface area contributed by atoms with Crippen LogP contribution in [-0.4, -0.2) is 16.1 Å². The minimum atomic E-state index is 0.381. The standard InChI is InChI=1S/C9H10ClN3O2/c10-4-3-8-12-13-9(15-8)11-6-7-2-1-5-14-7/h1-2,5H,3-4,6H2,(H,11,13). The summed E-state index contributed by atoms with van der Waals surface area (Å²) in [5.41, 5.74) is 0. The zero-order valence-electron chi connectivity index (χ0n) is 7.94. The molecule has 0 aliphatic carbocycles. The molecule has 2 aromatic heterocycles. The maximum atomic E-state index is 5.54. The summed E-state index contributed by atoms with van der Waals surface area (Å²) in [5.74, 6) is 1.82. The van der Waals surface area contributed by atoms with Gasteiger partial charge in [0.25, 0.3) is 0 Å². The molecule has 0 aliphatic heterocycles. The monoisotopic (exact) mass is 227 g/mol. The van der Waals surface area contributed by atoms with Gasteiger partial charge in [0, 0.05) is 12.3 Å². The van der Waals surface area contributed by atoms with Crippen LogP contribution in [0.4, 0.5) is 6.01 Å². The van der Waals surface area contributed by atoms with E-state index in [-0.39, 0.29) is 0 Å². The molecule has 0 radical (unpaired) electrons. The Kier molecular flexibility index (Phi) is 3.24. The van der Waals surface area contributed by atoms with Gasteiger partial charge in [0.1, 0.15) is 5.76 Å². The van der Waals surface area contributed by atoms with Crippen molar-refractivity contribution in [2.75, 3.05) is 11.2 Å². The van der Waals surface area contributed by atoms with E-state index in [1.807, 2.05) is 12.1 Å². The lowest BCUT2D eigenvalue weighted by Gasteiger charge is -1.96. The zero-order valence-corrected chi connectivity index (χ0v) is 8.70. The molecular formula is C9H10ClN3O2. The number of aryl methyl sites for hydroxylation is 1. The third-order valence-corrected chi connectivity index (χ3v) is 1.96. The van der Waals surface area contributed by atoms with Gasteiger partial charge >= 0.3 is 6.01 Å². The van der Waals surface area contributed by atoms with Gasteiger partial charge in [0.2, 0.25) is 5.89 Å². The average molecular weight is 228 g/mol. The number of hydrogen-bond donors (Lipinski definition) is 1. The van der Waals surface area contributed by atoms with Gasteiger partial charge in [0.15, 0.2) is 0 Å². The summed E-state index contributed by atoms with van der Waals surface area (Å²) in [5, 5.41) is 10.6. The highest BCUT2D eigenvalue weighted by molar-refractivity contribution is 6.17. The van der Waals surface area contributed by atoms with Crippen molar-refractivity contribution < 1.29 is 8.83 Å². The molecule has 15 heavy (non-hydrogen) atoms. The van der Waals surface area contributed by atoms with E-state index < -0.39 is 0 Å². The van der Waals surface area contributed by atoms with Crippen molar-refractivity contribution in [1.82, 2.24) is 10.2 Å². The van der Waals surface area contributed by atoms with Gasteiger partial charge in [-0.15, -0.1) is 16.7 Å². The lowest BCUT2D eigenvalue weighted by Crippen LogP contribution is -1.97. The van der Waals surface area contributed by atoms with E-state index in [4.69, 9.17) is 20.4 Å². The maximum Gasteiger partial charge on any atom is 0.315 e. The Hall–Kier alpha value is -1.49. The van der Waals surface area contributed by atoms with Gasteiger partial charge in [-0.1, -0.05) is 5.10 Å². The summed E-state index contributed by atoms with van der Waals surface area (Å²) in [6.07, 6.45) is 2.20. The lowest BCUT2D eigenvalue weighted by atomic mass is 10.4.